The van der Waals surface area contributed by atoms with Gasteiger partial charge in [-0.2, -0.15) is 26.3 Å². The molecule has 0 fully saturated rings. The van der Waals surface area contributed by atoms with Gasteiger partial charge in [-0.05, 0) is 42.3 Å². The van der Waals surface area contributed by atoms with Gasteiger partial charge in [0.25, 0.3) is 5.91 Å². The Morgan fingerprint density at radius 2 is 1.52 bits per heavy atom. The van der Waals surface area contributed by atoms with Crippen LogP contribution in [0.4, 0.5) is 32.0 Å². The molecule has 0 saturated heterocycles. The third-order valence-corrected chi connectivity index (χ3v) is 4.78. The van der Waals surface area contributed by atoms with Gasteiger partial charge in [-0.3, -0.25) is 9.78 Å². The minimum atomic E-state index is -5.28. The number of pyridine rings is 1. The molecule has 9 heteroatoms. The number of carbonyl (C=O) groups is 1. The molecule has 1 heterocycles. The molecule has 1 aromatic heterocycles. The lowest BCUT2D eigenvalue weighted by Gasteiger charge is -2.22. The van der Waals surface area contributed by atoms with Crippen molar-refractivity contribution in [3.05, 3.63) is 83.2 Å². The topological polar surface area (TPSA) is 33.2 Å². The van der Waals surface area contributed by atoms with Crippen molar-refractivity contribution in [1.29, 1.82) is 0 Å². The average molecular weight is 438 g/mol. The minimum Gasteiger partial charge on any atom is -0.309 e. The molecule has 31 heavy (non-hydrogen) atoms. The zero-order valence-corrected chi connectivity index (χ0v) is 16.3. The van der Waals surface area contributed by atoms with Crippen LogP contribution in [-0.2, 0) is 12.4 Å². The predicted molar refractivity (Wildman–Crippen MR) is 104 cm³/mol. The fraction of sp³-hybridized carbons (Fsp3) is 0.182. The molecule has 0 radical (unpaired) electrons. The van der Waals surface area contributed by atoms with E-state index in [4.69, 9.17) is 0 Å². The second kappa shape index (κ2) is 8.05. The molecule has 0 spiro atoms. The number of aromatic nitrogens is 1. The summed E-state index contributed by atoms with van der Waals surface area (Å²) in [4.78, 5) is 17.9. The second-order valence-electron chi connectivity index (χ2n) is 6.83. The Balaban J connectivity index is 2.07. The van der Waals surface area contributed by atoms with Gasteiger partial charge in [0.1, 0.15) is 0 Å². The second-order valence-corrected chi connectivity index (χ2v) is 6.83. The van der Waals surface area contributed by atoms with Crippen molar-refractivity contribution < 1.29 is 31.1 Å². The number of hydrogen-bond acceptors (Lipinski definition) is 2. The maximum absolute atomic E-state index is 13.2. The maximum atomic E-state index is 13.2. The number of amides is 1. The summed E-state index contributed by atoms with van der Waals surface area (Å²) >= 11 is 0. The molecule has 3 aromatic rings. The average Bonchev–Trinajstić information content (AvgIpc) is 2.71. The fourth-order valence-corrected chi connectivity index (χ4v) is 3.22. The van der Waals surface area contributed by atoms with Gasteiger partial charge < -0.3 is 4.90 Å². The number of alkyl halides is 6. The number of anilines is 1. The summed E-state index contributed by atoms with van der Waals surface area (Å²) in [5.74, 6) is -0.901. The van der Waals surface area contributed by atoms with Gasteiger partial charge in [-0.25, -0.2) is 0 Å². The van der Waals surface area contributed by atoms with Crippen LogP contribution >= 0.6 is 0 Å². The molecule has 0 atom stereocenters. The normalized spacial score (nSPS) is 12.0. The summed E-state index contributed by atoms with van der Waals surface area (Å²) < 4.78 is 78.8. The summed E-state index contributed by atoms with van der Waals surface area (Å²) in [5.41, 5.74) is -1.71. The third kappa shape index (κ3) is 4.55. The molecule has 162 valence electrons. The van der Waals surface area contributed by atoms with E-state index in [0.29, 0.717) is 11.3 Å². The predicted octanol–water partition coefficient (Wildman–Crippen LogP) is 6.37. The van der Waals surface area contributed by atoms with E-state index in [0.717, 1.165) is 22.1 Å². The molecule has 0 aliphatic carbocycles. The lowest BCUT2D eigenvalue weighted by atomic mass is 9.99. The van der Waals surface area contributed by atoms with Gasteiger partial charge in [0.2, 0.25) is 0 Å². The van der Waals surface area contributed by atoms with Gasteiger partial charge in [-0.15, -0.1) is 0 Å². The highest BCUT2D eigenvalue weighted by atomic mass is 19.4. The standard InChI is InChI=1S/C22H16F6N2O/c1-13-5-3-4-6-15(13)16-9-10-29-12-19(16)30(2)20(31)14-7-8-17(21(23,24)25)18(11-14)22(26,27)28/h3-12H,1-2H3. The molecular weight excluding hydrogens is 422 g/mol. The highest BCUT2D eigenvalue weighted by Crippen LogP contribution is 2.41. The first-order valence-corrected chi connectivity index (χ1v) is 8.97. The SMILES string of the molecule is Cc1ccccc1-c1ccncc1N(C)C(=O)c1ccc(C(F)(F)F)c(C(F)(F)F)c1. The summed E-state index contributed by atoms with van der Waals surface area (Å²) in [6.45, 7) is 1.85. The van der Waals surface area contributed by atoms with E-state index in [-0.39, 0.29) is 12.1 Å². The van der Waals surface area contributed by atoms with E-state index in [1.807, 2.05) is 25.1 Å². The molecule has 0 unspecified atom stereocenters. The van der Waals surface area contributed by atoms with E-state index in [9.17, 15) is 31.1 Å². The van der Waals surface area contributed by atoms with Gasteiger partial charge >= 0.3 is 12.4 Å². The van der Waals surface area contributed by atoms with Crippen LogP contribution in [0.15, 0.2) is 60.9 Å². The monoisotopic (exact) mass is 438 g/mol. The molecule has 0 aliphatic rings. The zero-order chi connectivity index (χ0) is 23.0. The van der Waals surface area contributed by atoms with Crippen molar-refractivity contribution in [3.63, 3.8) is 0 Å². The Kier molecular flexibility index (Phi) is 5.80. The van der Waals surface area contributed by atoms with Crippen LogP contribution in [0, 0.1) is 6.92 Å². The Morgan fingerprint density at radius 3 is 2.13 bits per heavy atom. The smallest absolute Gasteiger partial charge is 0.309 e. The van der Waals surface area contributed by atoms with Crippen LogP contribution in [0.25, 0.3) is 11.1 Å². The summed E-state index contributed by atoms with van der Waals surface area (Å²) in [7, 11) is 1.33. The number of carbonyl (C=O) groups excluding carboxylic acids is 1. The number of hydrogen-bond donors (Lipinski definition) is 0. The Hall–Kier alpha value is -3.36. The molecule has 0 aliphatic heterocycles. The van der Waals surface area contributed by atoms with Crippen molar-refractivity contribution in [3.8, 4) is 11.1 Å². The molecular formula is C22H16F6N2O. The highest BCUT2D eigenvalue weighted by Gasteiger charge is 2.43. The van der Waals surface area contributed by atoms with Crippen LogP contribution in [0.5, 0.6) is 0 Å². The molecule has 0 saturated carbocycles. The van der Waals surface area contributed by atoms with E-state index in [2.05, 4.69) is 4.98 Å². The summed E-state index contributed by atoms with van der Waals surface area (Å²) in [6, 6.07) is 10.2. The van der Waals surface area contributed by atoms with Crippen molar-refractivity contribution in [1.82, 2.24) is 4.98 Å². The van der Waals surface area contributed by atoms with E-state index < -0.39 is 35.0 Å². The van der Waals surface area contributed by atoms with Crippen molar-refractivity contribution >= 4 is 11.6 Å². The Bertz CT molecular complexity index is 1120. The van der Waals surface area contributed by atoms with Crippen LogP contribution < -0.4 is 4.90 Å². The molecule has 0 bridgehead atoms. The van der Waals surface area contributed by atoms with Crippen LogP contribution in [0.2, 0.25) is 0 Å². The van der Waals surface area contributed by atoms with Gasteiger partial charge in [0.05, 0.1) is 23.0 Å². The van der Waals surface area contributed by atoms with Gasteiger partial charge in [-0.1, -0.05) is 24.3 Å². The minimum absolute atomic E-state index is 0.228. The van der Waals surface area contributed by atoms with E-state index >= 15 is 0 Å². The van der Waals surface area contributed by atoms with Crippen LogP contribution in [0.1, 0.15) is 27.0 Å². The van der Waals surface area contributed by atoms with Crippen molar-refractivity contribution in [2.45, 2.75) is 19.3 Å². The van der Waals surface area contributed by atoms with Crippen molar-refractivity contribution in [2.75, 3.05) is 11.9 Å². The van der Waals surface area contributed by atoms with Crippen LogP contribution in [0.3, 0.4) is 0 Å². The zero-order valence-electron chi connectivity index (χ0n) is 16.3. The lowest BCUT2D eigenvalue weighted by Crippen LogP contribution is -2.28. The molecule has 2 aromatic carbocycles. The number of benzene rings is 2. The summed E-state index contributed by atoms with van der Waals surface area (Å²) in [6.07, 6.45) is -7.61. The van der Waals surface area contributed by atoms with Gasteiger partial charge in [0, 0.05) is 24.4 Å². The maximum Gasteiger partial charge on any atom is 0.417 e. The molecule has 3 rings (SSSR count). The van der Waals surface area contributed by atoms with Gasteiger partial charge in [0.15, 0.2) is 0 Å². The Labute approximate surface area is 174 Å². The third-order valence-electron chi connectivity index (χ3n) is 4.78. The Morgan fingerprint density at radius 1 is 0.871 bits per heavy atom. The first-order valence-electron chi connectivity index (χ1n) is 8.97. The molecule has 0 N–H and O–H groups in total. The number of rotatable bonds is 3. The first kappa shape index (κ1) is 22.3. The summed E-state index contributed by atoms with van der Waals surface area (Å²) in [5, 5.41) is 0. The number of halogens is 6. The van der Waals surface area contributed by atoms with E-state index in [1.165, 1.54) is 19.4 Å². The molecule has 3 nitrogen and oxygen atoms in total. The fourth-order valence-electron chi connectivity index (χ4n) is 3.22. The number of nitrogens with zero attached hydrogens (tertiary/aromatic N) is 2. The highest BCUT2D eigenvalue weighted by molar-refractivity contribution is 6.07. The van der Waals surface area contributed by atoms with E-state index in [1.54, 1.807) is 12.1 Å². The van der Waals surface area contributed by atoms with Crippen molar-refractivity contribution in [2.24, 2.45) is 0 Å². The number of aryl methyl sites for hydroxylation is 1. The quantitative estimate of drug-likeness (QED) is 0.445. The first-order chi connectivity index (χ1) is 14.4. The van der Waals surface area contributed by atoms with Crippen LogP contribution in [-0.4, -0.2) is 17.9 Å². The molecule has 1 amide bonds. The lowest BCUT2D eigenvalue weighted by molar-refractivity contribution is -0.162. The largest absolute Gasteiger partial charge is 0.417 e.